The number of unbranched alkanes of at least 4 members (excludes halogenated alkanes) is 3. The van der Waals surface area contributed by atoms with Gasteiger partial charge in [0.1, 0.15) is 0 Å². The summed E-state index contributed by atoms with van der Waals surface area (Å²) in [5.74, 6) is 0. The molecule has 2 heteroatoms. The lowest BCUT2D eigenvalue weighted by Gasteiger charge is -2.16. The molecule has 96 valence electrons. The van der Waals surface area contributed by atoms with Gasteiger partial charge < -0.3 is 5.32 Å². The largest absolute Gasteiger partial charge is 0.317 e. The highest BCUT2D eigenvalue weighted by molar-refractivity contribution is 9.10. The number of nitrogens with one attached hydrogen (secondary N) is 1. The zero-order valence-corrected chi connectivity index (χ0v) is 12.6. The van der Waals surface area contributed by atoms with Gasteiger partial charge in [0.15, 0.2) is 0 Å². The van der Waals surface area contributed by atoms with Crippen molar-refractivity contribution in [3.05, 3.63) is 34.3 Å². The Morgan fingerprint density at radius 1 is 1.12 bits per heavy atom. The minimum Gasteiger partial charge on any atom is -0.317 e. The summed E-state index contributed by atoms with van der Waals surface area (Å²) in [4.78, 5) is 0. The average Bonchev–Trinajstić information content (AvgIpc) is 2.35. The van der Waals surface area contributed by atoms with Crippen LogP contribution in [0.3, 0.4) is 0 Å². The third-order valence-electron chi connectivity index (χ3n) is 3.21. The molecule has 1 N–H and O–H groups in total. The number of likely N-dealkylation sites (N-methyl/N-ethyl adjacent to an activating group) is 1. The molecule has 0 aliphatic carbocycles. The minimum atomic E-state index is 0.619. The van der Waals surface area contributed by atoms with E-state index in [1.54, 1.807) is 0 Å². The van der Waals surface area contributed by atoms with Gasteiger partial charge in [-0.2, -0.15) is 0 Å². The number of hydrogen-bond acceptors (Lipinski definition) is 1. The fraction of sp³-hybridized carbons (Fsp3) is 0.600. The maximum Gasteiger partial charge on any atom is 0.0175 e. The molecule has 1 unspecified atom stereocenters. The molecule has 0 amide bonds. The summed E-state index contributed by atoms with van der Waals surface area (Å²) in [5.41, 5.74) is 1.42. The van der Waals surface area contributed by atoms with E-state index in [0.717, 1.165) is 10.9 Å². The highest BCUT2D eigenvalue weighted by atomic mass is 79.9. The number of rotatable bonds is 8. The molecule has 0 bridgehead atoms. The van der Waals surface area contributed by atoms with Crippen LogP contribution in [0.4, 0.5) is 0 Å². The van der Waals surface area contributed by atoms with E-state index in [1.165, 1.54) is 37.7 Å². The van der Waals surface area contributed by atoms with Crippen molar-refractivity contribution in [1.29, 1.82) is 0 Å². The number of hydrogen-bond donors (Lipinski definition) is 1. The Balaban J connectivity index is 2.33. The van der Waals surface area contributed by atoms with E-state index in [-0.39, 0.29) is 0 Å². The van der Waals surface area contributed by atoms with E-state index in [0.29, 0.717) is 6.04 Å². The molecule has 0 radical (unpaired) electrons. The highest BCUT2D eigenvalue weighted by Gasteiger charge is 2.06. The smallest absolute Gasteiger partial charge is 0.0175 e. The van der Waals surface area contributed by atoms with Crippen molar-refractivity contribution in [2.75, 3.05) is 7.05 Å². The molecule has 0 spiro atoms. The SMILES string of the molecule is CCCCCCC(Cc1ccc(Br)cc1)NC. The summed E-state index contributed by atoms with van der Waals surface area (Å²) in [7, 11) is 2.07. The first-order valence-electron chi connectivity index (χ1n) is 6.68. The summed E-state index contributed by atoms with van der Waals surface area (Å²) >= 11 is 3.47. The molecule has 0 heterocycles. The lowest BCUT2D eigenvalue weighted by atomic mass is 10.0. The molecule has 1 aromatic rings. The molecule has 1 rings (SSSR count). The molecule has 0 saturated carbocycles. The summed E-state index contributed by atoms with van der Waals surface area (Å²) in [6.45, 7) is 2.26. The van der Waals surface area contributed by atoms with Crippen LogP contribution in [0.5, 0.6) is 0 Å². The van der Waals surface area contributed by atoms with Crippen molar-refractivity contribution < 1.29 is 0 Å². The van der Waals surface area contributed by atoms with Gasteiger partial charge in [-0.05, 0) is 37.6 Å². The van der Waals surface area contributed by atoms with Gasteiger partial charge in [-0.3, -0.25) is 0 Å². The Bertz CT molecular complexity index is 294. The average molecular weight is 298 g/mol. The van der Waals surface area contributed by atoms with Crippen LogP contribution in [0, 0.1) is 0 Å². The third-order valence-corrected chi connectivity index (χ3v) is 3.74. The quantitative estimate of drug-likeness (QED) is 0.694. The third kappa shape index (κ3) is 6.23. The maximum absolute atomic E-state index is 3.47. The second kappa shape index (κ2) is 8.71. The summed E-state index contributed by atoms with van der Waals surface area (Å²) in [6.07, 6.45) is 7.82. The standard InChI is InChI=1S/C15H24BrN/c1-3-4-5-6-7-15(17-2)12-13-8-10-14(16)11-9-13/h8-11,15,17H,3-7,12H2,1-2H3. The Morgan fingerprint density at radius 2 is 1.82 bits per heavy atom. The summed E-state index contributed by atoms with van der Waals surface area (Å²) in [5, 5.41) is 3.43. The van der Waals surface area contributed by atoms with Gasteiger partial charge in [-0.25, -0.2) is 0 Å². The monoisotopic (exact) mass is 297 g/mol. The van der Waals surface area contributed by atoms with E-state index in [2.05, 4.69) is 59.5 Å². The molecule has 17 heavy (non-hydrogen) atoms. The molecule has 1 nitrogen and oxygen atoms in total. The second-order valence-corrected chi connectivity index (χ2v) is 5.58. The molecule has 0 fully saturated rings. The number of halogens is 1. The predicted octanol–water partition coefficient (Wildman–Crippen LogP) is 4.55. The molecule has 1 atom stereocenters. The van der Waals surface area contributed by atoms with Crippen molar-refractivity contribution in [3.63, 3.8) is 0 Å². The first kappa shape index (κ1) is 14.7. The zero-order valence-electron chi connectivity index (χ0n) is 11.0. The molecule has 0 aromatic heterocycles. The van der Waals surface area contributed by atoms with Crippen LogP contribution >= 0.6 is 15.9 Å². The van der Waals surface area contributed by atoms with Crippen molar-refractivity contribution >= 4 is 15.9 Å². The van der Waals surface area contributed by atoms with Gasteiger partial charge in [0, 0.05) is 10.5 Å². The molecule has 0 saturated heterocycles. The lowest BCUT2D eigenvalue weighted by Crippen LogP contribution is -2.27. The van der Waals surface area contributed by atoms with E-state index in [4.69, 9.17) is 0 Å². The van der Waals surface area contributed by atoms with Crippen LogP contribution in [0.1, 0.15) is 44.6 Å². The van der Waals surface area contributed by atoms with Gasteiger partial charge in [0.05, 0.1) is 0 Å². The van der Waals surface area contributed by atoms with Gasteiger partial charge in [0.25, 0.3) is 0 Å². The zero-order chi connectivity index (χ0) is 12.5. The van der Waals surface area contributed by atoms with Crippen molar-refractivity contribution in [2.45, 2.75) is 51.5 Å². The van der Waals surface area contributed by atoms with Gasteiger partial charge in [0.2, 0.25) is 0 Å². The van der Waals surface area contributed by atoms with Gasteiger partial charge >= 0.3 is 0 Å². The van der Waals surface area contributed by atoms with Crippen molar-refractivity contribution in [3.8, 4) is 0 Å². The van der Waals surface area contributed by atoms with Crippen LogP contribution in [0.15, 0.2) is 28.7 Å². The summed E-state index contributed by atoms with van der Waals surface area (Å²) in [6, 6.07) is 9.28. The Hall–Kier alpha value is -0.340. The number of benzene rings is 1. The van der Waals surface area contributed by atoms with E-state index in [1.807, 2.05) is 0 Å². The fourth-order valence-corrected chi connectivity index (χ4v) is 2.34. The predicted molar refractivity (Wildman–Crippen MR) is 79.5 cm³/mol. The van der Waals surface area contributed by atoms with Crippen molar-refractivity contribution in [1.82, 2.24) is 5.32 Å². The molecule has 0 aliphatic heterocycles. The minimum absolute atomic E-state index is 0.619. The lowest BCUT2D eigenvalue weighted by molar-refractivity contribution is 0.485. The first-order valence-corrected chi connectivity index (χ1v) is 7.47. The Morgan fingerprint density at radius 3 is 2.41 bits per heavy atom. The van der Waals surface area contributed by atoms with Crippen molar-refractivity contribution in [2.24, 2.45) is 0 Å². The van der Waals surface area contributed by atoms with E-state index >= 15 is 0 Å². The topological polar surface area (TPSA) is 12.0 Å². The molecule has 1 aromatic carbocycles. The van der Waals surface area contributed by atoms with E-state index in [9.17, 15) is 0 Å². The Kier molecular flexibility index (Phi) is 7.54. The van der Waals surface area contributed by atoms with E-state index < -0.39 is 0 Å². The summed E-state index contributed by atoms with van der Waals surface area (Å²) < 4.78 is 1.16. The fourth-order valence-electron chi connectivity index (χ4n) is 2.07. The van der Waals surface area contributed by atoms with Crippen LogP contribution < -0.4 is 5.32 Å². The maximum atomic E-state index is 3.47. The van der Waals surface area contributed by atoms with Gasteiger partial charge in [-0.1, -0.05) is 60.7 Å². The molecular formula is C15H24BrN. The molecule has 0 aliphatic rings. The highest BCUT2D eigenvalue weighted by Crippen LogP contribution is 2.14. The van der Waals surface area contributed by atoms with Crippen LogP contribution in [0.2, 0.25) is 0 Å². The van der Waals surface area contributed by atoms with Crippen LogP contribution in [-0.2, 0) is 6.42 Å². The normalized spacial score (nSPS) is 12.6. The first-order chi connectivity index (χ1) is 8.26. The van der Waals surface area contributed by atoms with Crippen LogP contribution in [0.25, 0.3) is 0 Å². The Labute approximate surface area is 114 Å². The second-order valence-electron chi connectivity index (χ2n) is 4.67. The van der Waals surface area contributed by atoms with Gasteiger partial charge in [-0.15, -0.1) is 0 Å². The van der Waals surface area contributed by atoms with Crippen LogP contribution in [-0.4, -0.2) is 13.1 Å². The molecular weight excluding hydrogens is 274 g/mol.